The fraction of sp³-hybridized carbons (Fsp3) is 0.400. The van der Waals surface area contributed by atoms with Crippen molar-refractivity contribution >= 4 is 5.91 Å². The average Bonchev–Trinajstić information content (AvgIpc) is 3.12. The lowest BCUT2D eigenvalue weighted by Gasteiger charge is -2.20. The maximum atomic E-state index is 12.0. The zero-order valence-corrected chi connectivity index (χ0v) is 11.2. The van der Waals surface area contributed by atoms with Gasteiger partial charge in [-0.2, -0.15) is 15.4 Å². The van der Waals surface area contributed by atoms with Crippen molar-refractivity contribution in [3.8, 4) is 0 Å². The molecule has 2 N–H and O–H groups in total. The molecule has 3 rings (SSSR count). The zero-order chi connectivity index (χ0) is 13.8. The summed E-state index contributed by atoms with van der Waals surface area (Å²) in [6, 6.07) is 10.7. The van der Waals surface area contributed by atoms with Crippen LogP contribution in [0.3, 0.4) is 0 Å². The van der Waals surface area contributed by atoms with Crippen molar-refractivity contribution in [2.75, 3.05) is 0 Å². The molecule has 20 heavy (non-hydrogen) atoms. The summed E-state index contributed by atoms with van der Waals surface area (Å²) >= 11 is 0. The Labute approximate surface area is 117 Å². The summed E-state index contributed by atoms with van der Waals surface area (Å²) in [5.74, 6) is 0.372. The van der Waals surface area contributed by atoms with Crippen LogP contribution in [0.1, 0.15) is 35.3 Å². The van der Waals surface area contributed by atoms with Crippen LogP contribution in [-0.4, -0.2) is 27.4 Å². The van der Waals surface area contributed by atoms with Gasteiger partial charge in [-0.25, -0.2) is 0 Å². The summed E-state index contributed by atoms with van der Waals surface area (Å²) in [4.78, 5) is 12.0. The molecule has 5 nitrogen and oxygen atoms in total. The van der Waals surface area contributed by atoms with Gasteiger partial charge in [0.25, 0.3) is 5.91 Å². The molecule has 1 fully saturated rings. The Morgan fingerprint density at radius 1 is 1.30 bits per heavy atom. The van der Waals surface area contributed by atoms with Crippen LogP contribution in [0.15, 0.2) is 36.5 Å². The minimum absolute atomic E-state index is 0.135. The van der Waals surface area contributed by atoms with Gasteiger partial charge in [0.2, 0.25) is 0 Å². The summed E-state index contributed by atoms with van der Waals surface area (Å²) in [5.41, 5.74) is 1.69. The number of nitrogens with zero attached hydrogens (tertiary/aromatic N) is 2. The Kier molecular flexibility index (Phi) is 3.76. The van der Waals surface area contributed by atoms with Gasteiger partial charge >= 0.3 is 0 Å². The van der Waals surface area contributed by atoms with E-state index in [-0.39, 0.29) is 11.9 Å². The van der Waals surface area contributed by atoms with Crippen LogP contribution in [0, 0.1) is 5.92 Å². The second kappa shape index (κ2) is 5.86. The van der Waals surface area contributed by atoms with Crippen LogP contribution >= 0.6 is 0 Å². The largest absolute Gasteiger partial charge is 0.348 e. The number of hydrogen-bond donors (Lipinski definition) is 2. The number of H-pyrrole nitrogens is 1. The Morgan fingerprint density at radius 2 is 2.15 bits per heavy atom. The number of nitrogens with one attached hydrogen (secondary N) is 2. The van der Waals surface area contributed by atoms with E-state index < -0.39 is 0 Å². The first-order valence-electron chi connectivity index (χ1n) is 7.03. The first kappa shape index (κ1) is 12.8. The van der Waals surface area contributed by atoms with E-state index in [0.717, 1.165) is 12.8 Å². The zero-order valence-electron chi connectivity index (χ0n) is 11.2. The maximum absolute atomic E-state index is 12.0. The molecule has 0 bridgehead atoms. The molecule has 2 aromatic rings. The van der Waals surface area contributed by atoms with Gasteiger partial charge in [0.1, 0.15) is 0 Å². The number of aromatic nitrogens is 3. The van der Waals surface area contributed by atoms with Gasteiger partial charge < -0.3 is 5.32 Å². The van der Waals surface area contributed by atoms with Crippen molar-refractivity contribution in [1.82, 2.24) is 20.7 Å². The monoisotopic (exact) mass is 270 g/mol. The third-order valence-corrected chi connectivity index (χ3v) is 3.96. The standard InChI is InChI=1S/C15H18N4O/c20-15(14-10-16-19-18-14)17-13-8-4-7-12(13)9-11-5-2-1-3-6-11/h1-3,5-6,10,12-13H,4,7-9H2,(H,17,20)(H,16,18,19)/t12-,13+/m0/s1. The molecule has 5 heteroatoms. The normalized spacial score (nSPS) is 21.8. The number of amides is 1. The quantitative estimate of drug-likeness (QED) is 0.892. The molecule has 0 saturated heterocycles. The molecule has 104 valence electrons. The maximum Gasteiger partial charge on any atom is 0.273 e. The van der Waals surface area contributed by atoms with Crippen molar-refractivity contribution in [3.05, 3.63) is 47.8 Å². The van der Waals surface area contributed by atoms with Gasteiger partial charge in [0.05, 0.1) is 6.20 Å². The van der Waals surface area contributed by atoms with Crippen molar-refractivity contribution in [2.45, 2.75) is 31.7 Å². The number of rotatable bonds is 4. The SMILES string of the molecule is O=C(N[C@@H]1CCC[C@H]1Cc1ccccc1)c1cn[nH]n1. The van der Waals surface area contributed by atoms with Crippen molar-refractivity contribution < 1.29 is 4.79 Å². The van der Waals surface area contributed by atoms with Gasteiger partial charge in [-0.15, -0.1) is 0 Å². The summed E-state index contributed by atoms with van der Waals surface area (Å²) in [6.07, 6.45) is 5.85. The Balaban J connectivity index is 1.62. The van der Waals surface area contributed by atoms with Crippen LogP contribution < -0.4 is 5.32 Å². The van der Waals surface area contributed by atoms with E-state index in [1.54, 1.807) is 0 Å². The Morgan fingerprint density at radius 3 is 2.90 bits per heavy atom. The number of aromatic amines is 1. The molecular formula is C15H18N4O. The molecule has 1 aliphatic rings. The number of carbonyl (C=O) groups is 1. The highest BCUT2D eigenvalue weighted by Gasteiger charge is 2.29. The third kappa shape index (κ3) is 2.87. The second-order valence-electron chi connectivity index (χ2n) is 5.32. The smallest absolute Gasteiger partial charge is 0.273 e. The Hall–Kier alpha value is -2.17. The molecule has 2 atom stereocenters. The third-order valence-electron chi connectivity index (χ3n) is 3.96. The minimum atomic E-state index is -0.135. The molecule has 0 radical (unpaired) electrons. The molecule has 1 heterocycles. The van der Waals surface area contributed by atoms with E-state index in [1.807, 2.05) is 6.07 Å². The highest BCUT2D eigenvalue weighted by Crippen LogP contribution is 2.29. The van der Waals surface area contributed by atoms with Crippen molar-refractivity contribution in [3.63, 3.8) is 0 Å². The van der Waals surface area contributed by atoms with Gasteiger partial charge in [0, 0.05) is 6.04 Å². The predicted molar refractivity (Wildman–Crippen MR) is 75.1 cm³/mol. The molecule has 1 aromatic carbocycles. The van der Waals surface area contributed by atoms with Gasteiger partial charge in [-0.05, 0) is 30.7 Å². The van der Waals surface area contributed by atoms with Crippen molar-refractivity contribution in [1.29, 1.82) is 0 Å². The lowest BCUT2D eigenvalue weighted by atomic mass is 9.94. The second-order valence-corrected chi connectivity index (χ2v) is 5.32. The average molecular weight is 270 g/mol. The summed E-state index contributed by atoms with van der Waals surface area (Å²) in [5, 5.41) is 13.0. The number of hydrogen-bond acceptors (Lipinski definition) is 3. The fourth-order valence-corrected chi connectivity index (χ4v) is 2.94. The van der Waals surface area contributed by atoms with Gasteiger partial charge in [0.15, 0.2) is 5.69 Å². The lowest BCUT2D eigenvalue weighted by Crippen LogP contribution is -2.38. The molecule has 1 aliphatic carbocycles. The van der Waals surface area contributed by atoms with Crippen LogP contribution in [-0.2, 0) is 6.42 Å². The van der Waals surface area contributed by atoms with E-state index in [4.69, 9.17) is 0 Å². The van der Waals surface area contributed by atoms with E-state index >= 15 is 0 Å². The van der Waals surface area contributed by atoms with E-state index in [2.05, 4.69) is 45.0 Å². The van der Waals surface area contributed by atoms with Crippen LogP contribution in [0.25, 0.3) is 0 Å². The Bertz CT molecular complexity index is 553. The van der Waals surface area contributed by atoms with Gasteiger partial charge in [-0.3, -0.25) is 4.79 Å². The lowest BCUT2D eigenvalue weighted by molar-refractivity contribution is 0.0922. The van der Waals surface area contributed by atoms with Crippen LogP contribution in [0.5, 0.6) is 0 Å². The van der Waals surface area contributed by atoms with E-state index in [9.17, 15) is 4.79 Å². The van der Waals surface area contributed by atoms with Gasteiger partial charge in [-0.1, -0.05) is 36.8 Å². The van der Waals surface area contributed by atoms with Crippen LogP contribution in [0.2, 0.25) is 0 Å². The van der Waals surface area contributed by atoms with E-state index in [0.29, 0.717) is 11.6 Å². The molecule has 1 amide bonds. The van der Waals surface area contributed by atoms with E-state index in [1.165, 1.54) is 24.6 Å². The molecule has 0 aliphatic heterocycles. The number of carbonyl (C=O) groups excluding carboxylic acids is 1. The molecular weight excluding hydrogens is 252 g/mol. The highest BCUT2D eigenvalue weighted by atomic mass is 16.2. The first-order chi connectivity index (χ1) is 9.83. The predicted octanol–water partition coefficient (Wildman–Crippen LogP) is 1.95. The summed E-state index contributed by atoms with van der Waals surface area (Å²) in [6.45, 7) is 0. The summed E-state index contributed by atoms with van der Waals surface area (Å²) < 4.78 is 0. The topological polar surface area (TPSA) is 70.7 Å². The van der Waals surface area contributed by atoms with Crippen molar-refractivity contribution in [2.24, 2.45) is 5.92 Å². The number of benzene rings is 1. The first-order valence-corrected chi connectivity index (χ1v) is 7.03. The minimum Gasteiger partial charge on any atom is -0.348 e. The fourth-order valence-electron chi connectivity index (χ4n) is 2.94. The molecule has 0 unspecified atom stereocenters. The highest BCUT2D eigenvalue weighted by molar-refractivity contribution is 5.92. The molecule has 1 aromatic heterocycles. The summed E-state index contributed by atoms with van der Waals surface area (Å²) in [7, 11) is 0. The molecule has 1 saturated carbocycles. The van der Waals surface area contributed by atoms with Crippen LogP contribution in [0.4, 0.5) is 0 Å². The molecule has 0 spiro atoms.